The van der Waals surface area contributed by atoms with E-state index < -0.39 is 5.97 Å². The van der Waals surface area contributed by atoms with Gasteiger partial charge in [-0.25, -0.2) is 4.79 Å². The van der Waals surface area contributed by atoms with Crippen molar-refractivity contribution in [2.24, 2.45) is 7.05 Å². The molecule has 0 saturated heterocycles. The summed E-state index contributed by atoms with van der Waals surface area (Å²) >= 11 is 2.96. The van der Waals surface area contributed by atoms with Crippen LogP contribution in [-0.2, 0) is 12.8 Å². The highest BCUT2D eigenvalue weighted by molar-refractivity contribution is 8.00. The lowest BCUT2D eigenvalue weighted by Crippen LogP contribution is -2.03. The number of carbonyl (C=O) groups is 1. The van der Waals surface area contributed by atoms with E-state index in [-0.39, 0.29) is 5.56 Å². The highest BCUT2D eigenvalue weighted by Gasteiger charge is 2.15. The molecule has 2 rings (SSSR count). The van der Waals surface area contributed by atoms with Gasteiger partial charge in [-0.2, -0.15) is 5.10 Å². The maximum absolute atomic E-state index is 11.0. The van der Waals surface area contributed by atoms with Crippen LogP contribution in [0.4, 0.5) is 0 Å². The summed E-state index contributed by atoms with van der Waals surface area (Å²) in [6.07, 6.45) is 1.36. The standard InChI is InChI=1S/C9H10N4O2S2/c1-5-11-12-9(17-5)16-4-7-6(8(14)15)3-10-13(7)2/h3H,4H2,1-2H3,(H,14,15). The van der Waals surface area contributed by atoms with Crippen LogP contribution in [0.3, 0.4) is 0 Å². The largest absolute Gasteiger partial charge is 0.478 e. The summed E-state index contributed by atoms with van der Waals surface area (Å²) in [4.78, 5) is 11.0. The summed E-state index contributed by atoms with van der Waals surface area (Å²) in [5, 5.41) is 21.7. The molecule has 0 unspecified atom stereocenters. The molecule has 0 radical (unpaired) electrons. The third kappa shape index (κ3) is 2.64. The van der Waals surface area contributed by atoms with Crippen molar-refractivity contribution in [3.8, 4) is 0 Å². The highest BCUT2D eigenvalue weighted by atomic mass is 32.2. The topological polar surface area (TPSA) is 80.9 Å². The van der Waals surface area contributed by atoms with E-state index in [2.05, 4.69) is 15.3 Å². The van der Waals surface area contributed by atoms with Crippen molar-refractivity contribution in [2.75, 3.05) is 0 Å². The van der Waals surface area contributed by atoms with E-state index in [1.54, 1.807) is 11.7 Å². The Balaban J connectivity index is 2.13. The molecule has 1 N–H and O–H groups in total. The number of rotatable bonds is 4. The molecule has 0 aliphatic rings. The molecule has 0 aliphatic carbocycles. The molecule has 2 aromatic rings. The molecule has 0 aliphatic heterocycles. The first kappa shape index (κ1) is 12.1. The number of hydrogen-bond donors (Lipinski definition) is 1. The first-order chi connectivity index (χ1) is 8.08. The number of thioether (sulfide) groups is 1. The Morgan fingerprint density at radius 3 is 2.94 bits per heavy atom. The maximum atomic E-state index is 11.0. The lowest BCUT2D eigenvalue weighted by Gasteiger charge is -2.01. The summed E-state index contributed by atoms with van der Waals surface area (Å²) < 4.78 is 2.41. The van der Waals surface area contributed by atoms with Gasteiger partial charge in [0.25, 0.3) is 0 Å². The molecule has 0 fully saturated rings. The van der Waals surface area contributed by atoms with Crippen LogP contribution in [0.15, 0.2) is 10.5 Å². The fraction of sp³-hybridized carbons (Fsp3) is 0.333. The monoisotopic (exact) mass is 270 g/mol. The zero-order chi connectivity index (χ0) is 12.4. The summed E-state index contributed by atoms with van der Waals surface area (Å²) in [5.41, 5.74) is 0.914. The minimum Gasteiger partial charge on any atom is -0.478 e. The molecule has 6 nitrogen and oxygen atoms in total. The van der Waals surface area contributed by atoms with Gasteiger partial charge in [0.1, 0.15) is 10.6 Å². The SMILES string of the molecule is Cc1nnc(SCc2c(C(=O)O)cnn2C)s1. The molecule has 0 bridgehead atoms. The fourth-order valence-electron chi connectivity index (χ4n) is 1.28. The van der Waals surface area contributed by atoms with Crippen LogP contribution < -0.4 is 0 Å². The van der Waals surface area contributed by atoms with Gasteiger partial charge in [0.2, 0.25) is 0 Å². The van der Waals surface area contributed by atoms with Crippen LogP contribution in [0.25, 0.3) is 0 Å². The summed E-state index contributed by atoms with van der Waals surface area (Å²) in [5.74, 6) is -0.436. The average molecular weight is 270 g/mol. The van der Waals surface area contributed by atoms with E-state index >= 15 is 0 Å². The van der Waals surface area contributed by atoms with Gasteiger partial charge in [-0.05, 0) is 6.92 Å². The maximum Gasteiger partial charge on any atom is 0.339 e. The molecule has 2 heterocycles. The molecule has 90 valence electrons. The number of nitrogens with zero attached hydrogens (tertiary/aromatic N) is 4. The van der Waals surface area contributed by atoms with E-state index in [9.17, 15) is 4.79 Å². The second-order valence-corrected chi connectivity index (χ2v) is 5.71. The predicted octanol–water partition coefficient (Wildman–Crippen LogP) is 1.57. The van der Waals surface area contributed by atoms with Gasteiger partial charge in [-0.15, -0.1) is 10.2 Å². The molecule has 0 aromatic carbocycles. The zero-order valence-corrected chi connectivity index (χ0v) is 10.9. The molecular weight excluding hydrogens is 260 g/mol. The van der Waals surface area contributed by atoms with Gasteiger partial charge in [0.15, 0.2) is 4.34 Å². The van der Waals surface area contributed by atoms with Crippen LogP contribution in [0.1, 0.15) is 21.1 Å². The number of carboxylic acids is 1. The van der Waals surface area contributed by atoms with Crippen LogP contribution in [-0.4, -0.2) is 31.1 Å². The molecule has 0 spiro atoms. The second-order valence-electron chi connectivity index (χ2n) is 3.31. The smallest absolute Gasteiger partial charge is 0.339 e. The minimum atomic E-state index is -0.956. The predicted molar refractivity (Wildman–Crippen MR) is 64.4 cm³/mol. The number of aromatic nitrogens is 4. The van der Waals surface area contributed by atoms with E-state index in [0.29, 0.717) is 11.4 Å². The van der Waals surface area contributed by atoms with Crippen molar-refractivity contribution in [2.45, 2.75) is 17.0 Å². The number of aryl methyl sites for hydroxylation is 2. The summed E-state index contributed by atoms with van der Waals surface area (Å²) in [7, 11) is 1.73. The van der Waals surface area contributed by atoms with Crippen LogP contribution >= 0.6 is 23.1 Å². The van der Waals surface area contributed by atoms with Crippen molar-refractivity contribution in [1.29, 1.82) is 0 Å². The molecule has 17 heavy (non-hydrogen) atoms. The Bertz CT molecular complexity index is 549. The third-order valence-corrected chi connectivity index (χ3v) is 4.12. The van der Waals surface area contributed by atoms with Crippen molar-refractivity contribution < 1.29 is 9.90 Å². The van der Waals surface area contributed by atoms with Gasteiger partial charge in [0.05, 0.1) is 11.9 Å². The number of hydrogen-bond acceptors (Lipinski definition) is 6. The fourth-order valence-corrected chi connectivity index (χ4v) is 3.17. The highest BCUT2D eigenvalue weighted by Crippen LogP contribution is 2.26. The average Bonchev–Trinajstić information content (AvgIpc) is 2.82. The quantitative estimate of drug-likeness (QED) is 0.849. The normalized spacial score (nSPS) is 10.7. The Hall–Kier alpha value is -1.41. The Morgan fingerprint density at radius 1 is 1.59 bits per heavy atom. The van der Waals surface area contributed by atoms with Crippen LogP contribution in [0, 0.1) is 6.92 Å². The first-order valence-corrected chi connectivity index (χ1v) is 6.55. The van der Waals surface area contributed by atoms with Crippen molar-refractivity contribution in [3.63, 3.8) is 0 Å². The van der Waals surface area contributed by atoms with E-state index in [1.807, 2.05) is 6.92 Å². The molecule has 0 saturated carbocycles. The van der Waals surface area contributed by atoms with Crippen LogP contribution in [0.5, 0.6) is 0 Å². The molecule has 2 aromatic heterocycles. The Morgan fingerprint density at radius 2 is 2.35 bits per heavy atom. The van der Waals surface area contributed by atoms with Gasteiger partial charge in [0, 0.05) is 12.8 Å². The van der Waals surface area contributed by atoms with Crippen molar-refractivity contribution >= 4 is 29.1 Å². The lowest BCUT2D eigenvalue weighted by molar-refractivity contribution is 0.0696. The Labute approximate surface area is 106 Å². The van der Waals surface area contributed by atoms with E-state index in [4.69, 9.17) is 5.11 Å². The summed E-state index contributed by atoms with van der Waals surface area (Å²) in [6.45, 7) is 1.88. The van der Waals surface area contributed by atoms with Crippen molar-refractivity contribution in [1.82, 2.24) is 20.0 Å². The zero-order valence-electron chi connectivity index (χ0n) is 9.25. The second kappa shape index (κ2) is 4.84. The molecule has 0 atom stereocenters. The van der Waals surface area contributed by atoms with E-state index in [0.717, 1.165) is 9.35 Å². The van der Waals surface area contributed by atoms with Gasteiger partial charge in [-0.1, -0.05) is 23.1 Å². The van der Waals surface area contributed by atoms with Crippen molar-refractivity contribution in [3.05, 3.63) is 22.5 Å². The number of aromatic carboxylic acids is 1. The van der Waals surface area contributed by atoms with Crippen LogP contribution in [0.2, 0.25) is 0 Å². The molecule has 0 amide bonds. The van der Waals surface area contributed by atoms with E-state index in [1.165, 1.54) is 29.3 Å². The first-order valence-electron chi connectivity index (χ1n) is 4.75. The number of carboxylic acid groups (broad SMARTS) is 1. The lowest BCUT2D eigenvalue weighted by atomic mass is 10.3. The third-order valence-electron chi connectivity index (χ3n) is 2.13. The minimum absolute atomic E-state index is 0.237. The Kier molecular flexibility index (Phi) is 3.43. The van der Waals surface area contributed by atoms with Gasteiger partial charge >= 0.3 is 5.97 Å². The van der Waals surface area contributed by atoms with Gasteiger partial charge in [-0.3, -0.25) is 4.68 Å². The van der Waals surface area contributed by atoms with Gasteiger partial charge < -0.3 is 5.11 Å². The molecule has 8 heteroatoms. The molecular formula is C9H10N4O2S2. The summed E-state index contributed by atoms with van der Waals surface area (Å²) in [6, 6.07) is 0.